The summed E-state index contributed by atoms with van der Waals surface area (Å²) < 4.78 is 38.4. The van der Waals surface area contributed by atoms with E-state index in [2.05, 4.69) is 5.32 Å². The number of amides is 2. The van der Waals surface area contributed by atoms with Gasteiger partial charge < -0.3 is 10.2 Å². The van der Waals surface area contributed by atoms with Crippen molar-refractivity contribution in [3.8, 4) is 11.1 Å². The van der Waals surface area contributed by atoms with Gasteiger partial charge >= 0.3 is 6.18 Å². The highest BCUT2D eigenvalue weighted by Gasteiger charge is 2.30. The summed E-state index contributed by atoms with van der Waals surface area (Å²) in [7, 11) is 3.30. The van der Waals surface area contributed by atoms with Crippen LogP contribution in [0.3, 0.4) is 0 Å². The monoisotopic (exact) mass is 412 g/mol. The molecule has 0 heterocycles. The van der Waals surface area contributed by atoms with Crippen molar-refractivity contribution >= 4 is 17.5 Å². The second-order valence-electron chi connectivity index (χ2n) is 6.85. The topological polar surface area (TPSA) is 49.4 Å². The van der Waals surface area contributed by atoms with E-state index in [1.165, 1.54) is 17.0 Å². The van der Waals surface area contributed by atoms with Crippen LogP contribution in [-0.2, 0) is 6.18 Å². The third kappa shape index (κ3) is 4.68. The zero-order valence-electron chi connectivity index (χ0n) is 16.3. The summed E-state index contributed by atoms with van der Waals surface area (Å²) >= 11 is 0. The Morgan fingerprint density at radius 1 is 0.833 bits per heavy atom. The van der Waals surface area contributed by atoms with Gasteiger partial charge in [-0.05, 0) is 53.6 Å². The minimum atomic E-state index is -4.42. The minimum absolute atomic E-state index is 0.152. The summed E-state index contributed by atoms with van der Waals surface area (Å²) in [4.78, 5) is 26.2. The van der Waals surface area contributed by atoms with Crippen LogP contribution < -0.4 is 5.32 Å². The Hall–Kier alpha value is -3.61. The summed E-state index contributed by atoms with van der Waals surface area (Å²) in [5, 5.41) is 2.76. The maximum atomic E-state index is 12.8. The molecule has 0 aliphatic carbocycles. The first-order valence-corrected chi connectivity index (χ1v) is 9.06. The Bertz CT molecular complexity index is 1060. The average molecular weight is 412 g/mol. The summed E-state index contributed by atoms with van der Waals surface area (Å²) in [6.45, 7) is 0. The van der Waals surface area contributed by atoms with Crippen LogP contribution in [0.1, 0.15) is 26.3 Å². The molecular weight excluding hydrogens is 393 g/mol. The first-order chi connectivity index (χ1) is 14.2. The van der Waals surface area contributed by atoms with E-state index < -0.39 is 17.6 Å². The number of hydrogen-bond donors (Lipinski definition) is 1. The van der Waals surface area contributed by atoms with Gasteiger partial charge in [0.15, 0.2) is 0 Å². The molecule has 0 spiro atoms. The zero-order valence-corrected chi connectivity index (χ0v) is 16.3. The van der Waals surface area contributed by atoms with E-state index in [9.17, 15) is 22.8 Å². The number of alkyl halides is 3. The molecule has 1 N–H and O–H groups in total. The van der Waals surface area contributed by atoms with Gasteiger partial charge in [-0.15, -0.1) is 0 Å². The standard InChI is InChI=1S/C23H19F3N2O2/c1-28(2)22(30)16-9-13-18(14-10-16)27-21(29)20-6-4-3-5-19(20)15-7-11-17(12-8-15)23(24,25)26/h3-14H,1-2H3,(H,27,29). The van der Waals surface area contributed by atoms with E-state index in [-0.39, 0.29) is 5.91 Å². The number of nitrogens with one attached hydrogen (secondary N) is 1. The number of anilines is 1. The van der Waals surface area contributed by atoms with E-state index in [1.54, 1.807) is 62.6 Å². The predicted octanol–water partition coefficient (Wildman–Crippen LogP) is 5.33. The number of benzene rings is 3. The molecule has 3 rings (SSSR count). The zero-order chi connectivity index (χ0) is 21.9. The lowest BCUT2D eigenvalue weighted by Crippen LogP contribution is -2.21. The third-order valence-electron chi connectivity index (χ3n) is 4.49. The summed E-state index contributed by atoms with van der Waals surface area (Å²) in [5.74, 6) is -0.558. The summed E-state index contributed by atoms with van der Waals surface area (Å²) in [5.41, 5.74) is 1.58. The molecule has 3 aromatic rings. The Labute approximate surface area is 171 Å². The molecule has 0 aromatic heterocycles. The Kier molecular flexibility index (Phi) is 5.91. The van der Waals surface area contributed by atoms with Gasteiger partial charge in [0, 0.05) is 30.9 Å². The molecule has 0 saturated carbocycles. The molecule has 0 aliphatic rings. The van der Waals surface area contributed by atoms with Gasteiger partial charge in [0.1, 0.15) is 0 Å². The van der Waals surface area contributed by atoms with Gasteiger partial charge in [-0.2, -0.15) is 13.2 Å². The van der Waals surface area contributed by atoms with Crippen molar-refractivity contribution in [3.05, 3.63) is 89.5 Å². The maximum absolute atomic E-state index is 12.8. The Morgan fingerprint density at radius 2 is 1.43 bits per heavy atom. The number of carbonyl (C=O) groups is 2. The number of nitrogens with zero attached hydrogens (tertiary/aromatic N) is 1. The molecule has 30 heavy (non-hydrogen) atoms. The molecule has 154 valence electrons. The molecule has 4 nitrogen and oxygen atoms in total. The van der Waals surface area contributed by atoms with E-state index in [0.29, 0.717) is 27.9 Å². The molecule has 0 fully saturated rings. The molecule has 0 unspecified atom stereocenters. The predicted molar refractivity (Wildman–Crippen MR) is 109 cm³/mol. The second-order valence-corrected chi connectivity index (χ2v) is 6.85. The highest BCUT2D eigenvalue weighted by molar-refractivity contribution is 6.08. The fraction of sp³-hybridized carbons (Fsp3) is 0.130. The lowest BCUT2D eigenvalue weighted by atomic mass is 9.98. The van der Waals surface area contributed by atoms with Crippen molar-refractivity contribution in [2.75, 3.05) is 19.4 Å². The van der Waals surface area contributed by atoms with Crippen LogP contribution in [0, 0.1) is 0 Å². The third-order valence-corrected chi connectivity index (χ3v) is 4.49. The quantitative estimate of drug-likeness (QED) is 0.630. The average Bonchev–Trinajstić information content (AvgIpc) is 2.73. The lowest BCUT2D eigenvalue weighted by molar-refractivity contribution is -0.137. The fourth-order valence-corrected chi connectivity index (χ4v) is 2.92. The van der Waals surface area contributed by atoms with Crippen LogP contribution >= 0.6 is 0 Å². The van der Waals surface area contributed by atoms with Gasteiger partial charge in [-0.1, -0.05) is 30.3 Å². The van der Waals surface area contributed by atoms with Gasteiger partial charge in [-0.3, -0.25) is 9.59 Å². The fourth-order valence-electron chi connectivity index (χ4n) is 2.92. The molecule has 3 aromatic carbocycles. The van der Waals surface area contributed by atoms with E-state index in [4.69, 9.17) is 0 Å². The van der Waals surface area contributed by atoms with Crippen molar-refractivity contribution in [1.82, 2.24) is 4.90 Å². The van der Waals surface area contributed by atoms with Crippen molar-refractivity contribution in [2.45, 2.75) is 6.18 Å². The van der Waals surface area contributed by atoms with Crippen molar-refractivity contribution in [3.63, 3.8) is 0 Å². The van der Waals surface area contributed by atoms with Gasteiger partial charge in [0.2, 0.25) is 0 Å². The molecule has 2 amide bonds. The van der Waals surface area contributed by atoms with Crippen LogP contribution in [-0.4, -0.2) is 30.8 Å². The minimum Gasteiger partial charge on any atom is -0.345 e. The molecule has 0 aliphatic heterocycles. The first kappa shape index (κ1) is 21.1. The second kappa shape index (κ2) is 8.41. The van der Waals surface area contributed by atoms with Crippen LogP contribution in [0.4, 0.5) is 18.9 Å². The SMILES string of the molecule is CN(C)C(=O)c1ccc(NC(=O)c2ccccc2-c2ccc(C(F)(F)F)cc2)cc1. The number of rotatable bonds is 4. The van der Waals surface area contributed by atoms with Crippen molar-refractivity contribution in [1.29, 1.82) is 0 Å². The highest BCUT2D eigenvalue weighted by Crippen LogP contribution is 2.32. The molecule has 0 bridgehead atoms. The summed E-state index contributed by atoms with van der Waals surface area (Å²) in [6.07, 6.45) is -4.42. The summed E-state index contributed by atoms with van der Waals surface area (Å²) in [6, 6.07) is 17.8. The van der Waals surface area contributed by atoms with Crippen molar-refractivity contribution < 1.29 is 22.8 Å². The molecular formula is C23H19F3N2O2. The number of carbonyl (C=O) groups excluding carboxylic acids is 2. The smallest absolute Gasteiger partial charge is 0.345 e. The van der Waals surface area contributed by atoms with E-state index in [1.807, 2.05) is 0 Å². The van der Waals surface area contributed by atoms with Crippen molar-refractivity contribution in [2.24, 2.45) is 0 Å². The van der Waals surface area contributed by atoms with E-state index in [0.717, 1.165) is 12.1 Å². The lowest BCUT2D eigenvalue weighted by Gasteiger charge is -2.13. The van der Waals surface area contributed by atoms with Crippen LogP contribution in [0.2, 0.25) is 0 Å². The van der Waals surface area contributed by atoms with Crippen LogP contribution in [0.5, 0.6) is 0 Å². The molecule has 0 atom stereocenters. The highest BCUT2D eigenvalue weighted by atomic mass is 19.4. The first-order valence-electron chi connectivity index (χ1n) is 9.06. The molecule has 0 radical (unpaired) electrons. The van der Waals surface area contributed by atoms with E-state index >= 15 is 0 Å². The van der Waals surface area contributed by atoms with Gasteiger partial charge in [-0.25, -0.2) is 0 Å². The molecule has 7 heteroatoms. The largest absolute Gasteiger partial charge is 0.416 e. The Morgan fingerprint density at radius 3 is 2.00 bits per heavy atom. The van der Waals surface area contributed by atoms with Gasteiger partial charge in [0.05, 0.1) is 5.56 Å². The van der Waals surface area contributed by atoms with Crippen LogP contribution in [0.15, 0.2) is 72.8 Å². The molecule has 0 saturated heterocycles. The van der Waals surface area contributed by atoms with Gasteiger partial charge in [0.25, 0.3) is 11.8 Å². The van der Waals surface area contributed by atoms with Crippen LogP contribution in [0.25, 0.3) is 11.1 Å². The number of halogens is 3. The Balaban J connectivity index is 1.83. The normalized spacial score (nSPS) is 11.1. The number of hydrogen-bond acceptors (Lipinski definition) is 2. The maximum Gasteiger partial charge on any atom is 0.416 e.